The van der Waals surface area contributed by atoms with Crippen molar-refractivity contribution in [2.75, 3.05) is 20.1 Å². The van der Waals surface area contributed by atoms with Crippen LogP contribution in [-0.2, 0) is 13.0 Å². The minimum atomic E-state index is 0. The predicted molar refractivity (Wildman–Crippen MR) is 107 cm³/mol. The molecule has 2 aromatic heterocycles. The van der Waals surface area contributed by atoms with Gasteiger partial charge in [0.25, 0.3) is 0 Å². The molecule has 0 spiro atoms. The van der Waals surface area contributed by atoms with E-state index in [4.69, 9.17) is 0 Å². The Bertz CT molecular complexity index is 555. The number of hydrogen-bond donors (Lipinski definition) is 2. The first-order valence-electron chi connectivity index (χ1n) is 6.94. The zero-order valence-corrected chi connectivity index (χ0v) is 17.2. The number of thiophene rings is 1. The van der Waals surface area contributed by atoms with Gasteiger partial charge in [0.2, 0.25) is 0 Å². The van der Waals surface area contributed by atoms with Gasteiger partial charge in [-0.1, -0.05) is 0 Å². The van der Waals surface area contributed by atoms with Crippen molar-refractivity contribution in [3.05, 3.63) is 39.3 Å². The summed E-state index contributed by atoms with van der Waals surface area (Å²) in [6, 6.07) is 6.18. The lowest BCUT2D eigenvalue weighted by molar-refractivity contribution is 0.570. The first-order valence-corrected chi connectivity index (χ1v) is 8.55. The first-order chi connectivity index (χ1) is 10.3. The molecular weight excluding hydrogens is 477 g/mol. The average Bonchev–Trinajstić information content (AvgIpc) is 3.13. The Kier molecular flexibility index (Phi) is 9.73. The van der Waals surface area contributed by atoms with Crippen molar-refractivity contribution in [1.82, 2.24) is 20.4 Å². The molecule has 8 heteroatoms. The summed E-state index contributed by atoms with van der Waals surface area (Å²) in [5.74, 6) is 0.853. The van der Waals surface area contributed by atoms with E-state index < -0.39 is 0 Å². The van der Waals surface area contributed by atoms with Crippen LogP contribution in [0.25, 0.3) is 0 Å². The van der Waals surface area contributed by atoms with Gasteiger partial charge in [0, 0.05) is 44.0 Å². The third-order valence-corrected chi connectivity index (χ3v) is 4.62. The molecule has 0 aliphatic rings. The molecule has 0 aromatic carbocycles. The van der Waals surface area contributed by atoms with Gasteiger partial charge < -0.3 is 10.6 Å². The largest absolute Gasteiger partial charge is 0.356 e. The van der Waals surface area contributed by atoms with Crippen LogP contribution in [0, 0.1) is 0 Å². The van der Waals surface area contributed by atoms with Crippen LogP contribution >= 0.6 is 51.2 Å². The lowest BCUT2D eigenvalue weighted by atomic mass is 10.3. The van der Waals surface area contributed by atoms with Gasteiger partial charge in [-0.25, -0.2) is 0 Å². The molecule has 0 amide bonds. The summed E-state index contributed by atoms with van der Waals surface area (Å²) < 4.78 is 3.12. The third kappa shape index (κ3) is 7.10. The monoisotopic (exact) mass is 497 g/mol. The van der Waals surface area contributed by atoms with E-state index in [9.17, 15) is 0 Å². The second-order valence-corrected chi connectivity index (χ2v) is 7.05. The van der Waals surface area contributed by atoms with E-state index in [-0.39, 0.29) is 24.0 Å². The Morgan fingerprint density at radius 2 is 2.18 bits per heavy atom. The topological polar surface area (TPSA) is 54.2 Å². The molecule has 122 valence electrons. The van der Waals surface area contributed by atoms with Crippen LogP contribution in [-0.4, -0.2) is 35.9 Å². The van der Waals surface area contributed by atoms with Gasteiger partial charge in [-0.3, -0.25) is 9.67 Å². The van der Waals surface area contributed by atoms with Gasteiger partial charge >= 0.3 is 0 Å². The van der Waals surface area contributed by atoms with Gasteiger partial charge in [0.05, 0.1) is 3.79 Å². The van der Waals surface area contributed by atoms with Crippen molar-refractivity contribution in [3.8, 4) is 0 Å². The molecular formula is C14H21BrIN5S. The fourth-order valence-corrected chi connectivity index (χ4v) is 3.37. The molecule has 0 saturated carbocycles. The highest BCUT2D eigenvalue weighted by atomic mass is 127. The number of nitrogens with one attached hydrogen (secondary N) is 2. The maximum absolute atomic E-state index is 4.23. The predicted octanol–water partition coefficient (Wildman–Crippen LogP) is 3.12. The number of aromatic nitrogens is 2. The molecule has 2 heterocycles. The summed E-state index contributed by atoms with van der Waals surface area (Å²) in [5.41, 5.74) is 0. The van der Waals surface area contributed by atoms with Crippen LogP contribution in [0.4, 0.5) is 0 Å². The minimum absolute atomic E-state index is 0. The third-order valence-electron chi connectivity index (χ3n) is 2.93. The summed E-state index contributed by atoms with van der Waals surface area (Å²) >= 11 is 5.25. The Labute approximate surface area is 160 Å². The quantitative estimate of drug-likeness (QED) is 0.267. The van der Waals surface area contributed by atoms with Crippen molar-refractivity contribution in [3.63, 3.8) is 0 Å². The van der Waals surface area contributed by atoms with Crippen molar-refractivity contribution >= 4 is 57.2 Å². The number of nitrogens with zero attached hydrogens (tertiary/aromatic N) is 3. The van der Waals surface area contributed by atoms with Crippen molar-refractivity contribution in [2.45, 2.75) is 19.4 Å². The van der Waals surface area contributed by atoms with E-state index in [0.717, 1.165) is 38.4 Å². The second-order valence-electron chi connectivity index (χ2n) is 4.50. The van der Waals surface area contributed by atoms with E-state index in [1.807, 2.05) is 16.9 Å². The SMILES string of the molecule is CN=C(NCCCn1cccn1)NCCc1ccc(Br)s1.I. The van der Waals surface area contributed by atoms with Crippen molar-refractivity contribution in [1.29, 1.82) is 0 Å². The van der Waals surface area contributed by atoms with Crippen LogP contribution in [0.2, 0.25) is 0 Å². The van der Waals surface area contributed by atoms with E-state index >= 15 is 0 Å². The maximum Gasteiger partial charge on any atom is 0.190 e. The highest BCUT2D eigenvalue weighted by Gasteiger charge is 2.00. The van der Waals surface area contributed by atoms with Gasteiger partial charge in [0.15, 0.2) is 5.96 Å². The molecule has 0 atom stereocenters. The summed E-state index contributed by atoms with van der Waals surface area (Å²) in [6.07, 6.45) is 5.80. The van der Waals surface area contributed by atoms with Crippen molar-refractivity contribution in [2.24, 2.45) is 4.99 Å². The summed E-state index contributed by atoms with van der Waals surface area (Å²) in [6.45, 7) is 2.68. The molecule has 0 radical (unpaired) electrons. The lowest BCUT2D eigenvalue weighted by Crippen LogP contribution is -2.38. The average molecular weight is 498 g/mol. The van der Waals surface area contributed by atoms with Gasteiger partial charge in [-0.2, -0.15) is 5.10 Å². The molecule has 0 aliphatic carbocycles. The smallest absolute Gasteiger partial charge is 0.190 e. The minimum Gasteiger partial charge on any atom is -0.356 e. The van der Waals surface area contributed by atoms with Crippen LogP contribution in [0.5, 0.6) is 0 Å². The number of hydrogen-bond acceptors (Lipinski definition) is 3. The lowest BCUT2D eigenvalue weighted by Gasteiger charge is -2.11. The number of aryl methyl sites for hydroxylation is 1. The number of guanidine groups is 1. The van der Waals surface area contributed by atoms with Crippen LogP contribution in [0.3, 0.4) is 0 Å². The fraction of sp³-hybridized carbons (Fsp3) is 0.429. The molecule has 2 rings (SSSR count). The normalized spacial score (nSPS) is 11.1. The Hall–Kier alpha value is -0.610. The van der Waals surface area contributed by atoms with E-state index in [2.05, 4.69) is 48.8 Å². The highest BCUT2D eigenvalue weighted by Crippen LogP contribution is 2.21. The molecule has 0 aliphatic heterocycles. The molecule has 0 fully saturated rings. The first kappa shape index (κ1) is 19.4. The number of aliphatic imine (C=N–C) groups is 1. The molecule has 0 unspecified atom stereocenters. The molecule has 5 nitrogen and oxygen atoms in total. The van der Waals surface area contributed by atoms with E-state index in [1.165, 1.54) is 8.66 Å². The standard InChI is InChI=1S/C14H20BrN5S.HI/c1-16-14(17-7-2-10-20-11-3-8-19-20)18-9-6-12-4-5-13(15)21-12;/h3-5,8,11H,2,6-7,9-10H2,1H3,(H2,16,17,18);1H. The van der Waals surface area contributed by atoms with E-state index in [0.29, 0.717) is 0 Å². The summed E-state index contributed by atoms with van der Waals surface area (Å²) in [4.78, 5) is 5.59. The van der Waals surface area contributed by atoms with Gasteiger partial charge in [0.1, 0.15) is 0 Å². The van der Waals surface area contributed by atoms with Gasteiger partial charge in [-0.05, 0) is 47.0 Å². The maximum atomic E-state index is 4.23. The molecule has 2 aromatic rings. The molecule has 0 saturated heterocycles. The Morgan fingerprint density at radius 1 is 1.36 bits per heavy atom. The van der Waals surface area contributed by atoms with Gasteiger partial charge in [-0.15, -0.1) is 35.3 Å². The van der Waals surface area contributed by atoms with Crippen LogP contribution in [0.1, 0.15) is 11.3 Å². The molecule has 2 N–H and O–H groups in total. The fourth-order valence-electron chi connectivity index (χ4n) is 1.89. The summed E-state index contributed by atoms with van der Waals surface area (Å²) in [7, 11) is 1.80. The Morgan fingerprint density at radius 3 is 2.82 bits per heavy atom. The number of halogens is 2. The zero-order chi connectivity index (χ0) is 14.9. The van der Waals surface area contributed by atoms with E-state index in [1.54, 1.807) is 24.6 Å². The second kappa shape index (κ2) is 11.0. The zero-order valence-electron chi connectivity index (χ0n) is 12.5. The van der Waals surface area contributed by atoms with Crippen LogP contribution < -0.4 is 10.6 Å². The summed E-state index contributed by atoms with van der Waals surface area (Å²) in [5, 5.41) is 10.8. The number of rotatable bonds is 7. The van der Waals surface area contributed by atoms with Crippen LogP contribution in [0.15, 0.2) is 39.4 Å². The molecule has 22 heavy (non-hydrogen) atoms. The Balaban J connectivity index is 0.00000242. The molecule has 0 bridgehead atoms. The van der Waals surface area contributed by atoms with Crippen molar-refractivity contribution < 1.29 is 0 Å². The highest BCUT2D eigenvalue weighted by molar-refractivity contribution is 14.0.